The van der Waals surface area contributed by atoms with E-state index in [4.69, 9.17) is 4.98 Å². The standard InChI is InChI=1S/C27H35BrN4O/c1-4-5-16-31(20(2)3)27(33)21-10-9-15-30(18-21)19-26-29-24-13-6-7-14-25(24)32(26)23-12-8-11-22(28)17-23/h6-8,11-14,17,20-21H,4-5,9-10,15-16,18-19H2,1-3H3/t21-/m1/s1. The molecule has 176 valence electrons. The normalized spacial score (nSPS) is 17.1. The highest BCUT2D eigenvalue weighted by molar-refractivity contribution is 9.10. The molecule has 1 saturated heterocycles. The fourth-order valence-corrected chi connectivity index (χ4v) is 5.26. The minimum atomic E-state index is 0.0710. The predicted octanol–water partition coefficient (Wildman–Crippen LogP) is 6.04. The van der Waals surface area contributed by atoms with Crippen LogP contribution in [-0.4, -0.2) is 50.9 Å². The number of nitrogens with zero attached hydrogens (tertiary/aromatic N) is 4. The van der Waals surface area contributed by atoms with Gasteiger partial charge in [-0.2, -0.15) is 0 Å². The minimum Gasteiger partial charge on any atom is -0.340 e. The highest BCUT2D eigenvalue weighted by atomic mass is 79.9. The molecule has 0 radical (unpaired) electrons. The minimum absolute atomic E-state index is 0.0710. The van der Waals surface area contributed by atoms with Gasteiger partial charge >= 0.3 is 0 Å². The summed E-state index contributed by atoms with van der Waals surface area (Å²) in [5, 5.41) is 0. The molecule has 1 aliphatic heterocycles. The molecule has 1 atom stereocenters. The Kier molecular flexibility index (Phi) is 7.86. The maximum absolute atomic E-state index is 13.4. The smallest absolute Gasteiger partial charge is 0.227 e. The Morgan fingerprint density at radius 2 is 2.03 bits per heavy atom. The third-order valence-corrected chi connectivity index (χ3v) is 7.07. The molecule has 0 N–H and O–H groups in total. The summed E-state index contributed by atoms with van der Waals surface area (Å²) in [6.07, 6.45) is 4.20. The van der Waals surface area contributed by atoms with Crippen LogP contribution >= 0.6 is 15.9 Å². The molecule has 1 fully saturated rings. The largest absolute Gasteiger partial charge is 0.340 e. The molecule has 1 aromatic heterocycles. The summed E-state index contributed by atoms with van der Waals surface area (Å²) in [4.78, 5) is 22.9. The SMILES string of the molecule is CCCCN(C(=O)[C@@H]1CCCN(Cc2nc3ccccc3n2-c2cccc(Br)c2)C1)C(C)C. The summed E-state index contributed by atoms with van der Waals surface area (Å²) < 4.78 is 3.31. The second kappa shape index (κ2) is 10.8. The number of imidazole rings is 1. The maximum Gasteiger partial charge on any atom is 0.227 e. The molecule has 1 aliphatic rings. The maximum atomic E-state index is 13.4. The van der Waals surface area contributed by atoms with E-state index in [9.17, 15) is 4.79 Å². The zero-order chi connectivity index (χ0) is 23.4. The number of hydrogen-bond donors (Lipinski definition) is 0. The van der Waals surface area contributed by atoms with Gasteiger partial charge in [0.1, 0.15) is 5.82 Å². The van der Waals surface area contributed by atoms with E-state index < -0.39 is 0 Å². The van der Waals surface area contributed by atoms with E-state index in [1.165, 1.54) is 0 Å². The number of halogens is 1. The number of aromatic nitrogens is 2. The Labute approximate surface area is 205 Å². The van der Waals surface area contributed by atoms with Crippen molar-refractivity contribution in [3.8, 4) is 5.69 Å². The fraction of sp³-hybridized carbons (Fsp3) is 0.481. The van der Waals surface area contributed by atoms with Crippen LogP contribution in [0.3, 0.4) is 0 Å². The first kappa shape index (κ1) is 24.0. The summed E-state index contributed by atoms with van der Waals surface area (Å²) >= 11 is 3.62. The number of amides is 1. The predicted molar refractivity (Wildman–Crippen MR) is 139 cm³/mol. The Balaban J connectivity index is 1.57. The van der Waals surface area contributed by atoms with Crippen LogP contribution in [0.1, 0.15) is 52.3 Å². The summed E-state index contributed by atoms with van der Waals surface area (Å²) in [7, 11) is 0. The number of unbranched alkanes of at least 4 members (excludes halogenated alkanes) is 1. The van der Waals surface area contributed by atoms with Crippen molar-refractivity contribution < 1.29 is 4.79 Å². The van der Waals surface area contributed by atoms with Crippen molar-refractivity contribution in [3.63, 3.8) is 0 Å². The highest BCUT2D eigenvalue weighted by Gasteiger charge is 2.31. The molecule has 2 heterocycles. The zero-order valence-electron chi connectivity index (χ0n) is 20.0. The molecule has 0 saturated carbocycles. The van der Waals surface area contributed by atoms with Gasteiger partial charge in [0.25, 0.3) is 0 Å². The van der Waals surface area contributed by atoms with Crippen molar-refractivity contribution >= 4 is 32.9 Å². The van der Waals surface area contributed by atoms with Crippen molar-refractivity contribution in [1.82, 2.24) is 19.4 Å². The Morgan fingerprint density at radius 3 is 2.79 bits per heavy atom. The Morgan fingerprint density at radius 1 is 1.21 bits per heavy atom. The van der Waals surface area contributed by atoms with E-state index in [0.717, 1.165) is 78.9 Å². The molecular weight excluding hydrogens is 476 g/mol. The van der Waals surface area contributed by atoms with E-state index in [0.29, 0.717) is 5.91 Å². The number of rotatable bonds is 8. The number of fused-ring (bicyclic) bond motifs is 1. The number of piperidine rings is 1. The first-order chi connectivity index (χ1) is 16.0. The Hall–Kier alpha value is -2.18. The molecule has 5 nitrogen and oxygen atoms in total. The van der Waals surface area contributed by atoms with Gasteiger partial charge < -0.3 is 4.90 Å². The molecule has 0 spiro atoms. The molecule has 2 aromatic carbocycles. The summed E-state index contributed by atoms with van der Waals surface area (Å²) in [6.45, 7) is 9.85. The number of carbonyl (C=O) groups excluding carboxylic acids is 1. The van der Waals surface area contributed by atoms with Crippen LogP contribution < -0.4 is 0 Å². The average Bonchev–Trinajstić information content (AvgIpc) is 3.17. The van der Waals surface area contributed by atoms with Gasteiger partial charge in [0.2, 0.25) is 5.91 Å². The van der Waals surface area contributed by atoms with E-state index in [1.807, 2.05) is 12.1 Å². The first-order valence-electron chi connectivity index (χ1n) is 12.2. The van der Waals surface area contributed by atoms with Crippen LogP contribution in [0.15, 0.2) is 53.0 Å². The van der Waals surface area contributed by atoms with Gasteiger partial charge in [0, 0.05) is 29.3 Å². The lowest BCUT2D eigenvalue weighted by molar-refractivity contribution is -0.139. The van der Waals surface area contributed by atoms with E-state index in [2.05, 4.69) is 87.5 Å². The third-order valence-electron chi connectivity index (χ3n) is 6.58. The molecule has 1 amide bonds. The second-order valence-electron chi connectivity index (χ2n) is 9.39. The van der Waals surface area contributed by atoms with Crippen LogP contribution in [0, 0.1) is 5.92 Å². The highest BCUT2D eigenvalue weighted by Crippen LogP contribution is 2.27. The summed E-state index contributed by atoms with van der Waals surface area (Å²) in [6, 6.07) is 16.9. The molecule has 33 heavy (non-hydrogen) atoms. The van der Waals surface area contributed by atoms with Gasteiger partial charge in [-0.25, -0.2) is 4.98 Å². The monoisotopic (exact) mass is 510 g/mol. The van der Waals surface area contributed by atoms with E-state index in [1.54, 1.807) is 0 Å². The summed E-state index contributed by atoms with van der Waals surface area (Å²) in [5.74, 6) is 1.42. The van der Waals surface area contributed by atoms with Crippen LogP contribution in [-0.2, 0) is 11.3 Å². The van der Waals surface area contributed by atoms with Crippen LogP contribution in [0.5, 0.6) is 0 Å². The lowest BCUT2D eigenvalue weighted by atomic mass is 9.95. The van der Waals surface area contributed by atoms with Crippen LogP contribution in [0.4, 0.5) is 0 Å². The van der Waals surface area contributed by atoms with Gasteiger partial charge in [0.05, 0.1) is 23.5 Å². The van der Waals surface area contributed by atoms with Gasteiger partial charge in [-0.1, -0.05) is 47.5 Å². The molecular formula is C27H35BrN4O. The van der Waals surface area contributed by atoms with E-state index >= 15 is 0 Å². The van der Waals surface area contributed by atoms with Crippen molar-refractivity contribution in [3.05, 3.63) is 58.8 Å². The van der Waals surface area contributed by atoms with Crippen LogP contribution in [0.2, 0.25) is 0 Å². The second-order valence-corrected chi connectivity index (χ2v) is 10.3. The number of likely N-dealkylation sites (tertiary alicyclic amines) is 1. The van der Waals surface area contributed by atoms with Crippen molar-refractivity contribution in [2.75, 3.05) is 19.6 Å². The van der Waals surface area contributed by atoms with Gasteiger partial charge in [-0.05, 0) is 70.0 Å². The third kappa shape index (κ3) is 5.49. The number of hydrogen-bond acceptors (Lipinski definition) is 3. The van der Waals surface area contributed by atoms with Crippen molar-refractivity contribution in [2.24, 2.45) is 5.92 Å². The molecule has 0 bridgehead atoms. The lowest BCUT2D eigenvalue weighted by Gasteiger charge is -2.36. The van der Waals surface area contributed by atoms with Crippen LogP contribution in [0.25, 0.3) is 16.7 Å². The topological polar surface area (TPSA) is 41.4 Å². The zero-order valence-corrected chi connectivity index (χ0v) is 21.6. The molecule has 0 aliphatic carbocycles. The lowest BCUT2D eigenvalue weighted by Crippen LogP contribution is -2.47. The number of carbonyl (C=O) groups is 1. The van der Waals surface area contributed by atoms with E-state index in [-0.39, 0.29) is 12.0 Å². The quantitative estimate of drug-likeness (QED) is 0.371. The summed E-state index contributed by atoms with van der Waals surface area (Å²) in [5.41, 5.74) is 3.21. The molecule has 3 aromatic rings. The fourth-order valence-electron chi connectivity index (χ4n) is 4.87. The number of benzene rings is 2. The molecule has 0 unspecified atom stereocenters. The molecule has 6 heteroatoms. The Bertz CT molecular complexity index is 1090. The number of para-hydroxylation sites is 2. The van der Waals surface area contributed by atoms with Gasteiger partial charge in [0.15, 0.2) is 0 Å². The van der Waals surface area contributed by atoms with Crippen molar-refractivity contribution in [2.45, 2.75) is 59.0 Å². The van der Waals surface area contributed by atoms with Gasteiger partial charge in [-0.3, -0.25) is 14.3 Å². The van der Waals surface area contributed by atoms with Crippen molar-refractivity contribution in [1.29, 1.82) is 0 Å². The first-order valence-corrected chi connectivity index (χ1v) is 13.0. The van der Waals surface area contributed by atoms with Gasteiger partial charge in [-0.15, -0.1) is 0 Å². The average molecular weight is 512 g/mol. The molecule has 4 rings (SSSR count).